The summed E-state index contributed by atoms with van der Waals surface area (Å²) in [6.45, 7) is 0. The van der Waals surface area contributed by atoms with Gasteiger partial charge in [0.15, 0.2) is 0 Å². The van der Waals surface area contributed by atoms with E-state index in [1.54, 1.807) is 0 Å². The number of furan rings is 1. The summed E-state index contributed by atoms with van der Waals surface area (Å²) in [6, 6.07) is 84.8. The van der Waals surface area contributed by atoms with Crippen LogP contribution in [0.2, 0.25) is 0 Å². The molecule has 0 aliphatic carbocycles. The van der Waals surface area contributed by atoms with Crippen LogP contribution in [0.4, 0.5) is 17.1 Å². The Morgan fingerprint density at radius 3 is 1.47 bits per heavy atom. The largest absolute Gasteiger partial charge is 0.455 e. The predicted molar refractivity (Wildman–Crippen MR) is 253 cm³/mol. The average molecular weight is 766 g/mol. The SMILES string of the molecule is c1ccc(-c2ccccc2-c2ccccc2-c2ccccc2-c2ccc(N(c3cccc(-c4cccc5c4oc4ccccc45)c3)c3ccc4ccccc4c3)cc2)cc1. The topological polar surface area (TPSA) is 16.4 Å². The van der Waals surface area contributed by atoms with Crippen LogP contribution in [0.5, 0.6) is 0 Å². The Morgan fingerprint density at radius 2 is 0.750 bits per heavy atom. The Labute approximate surface area is 349 Å². The highest BCUT2D eigenvalue weighted by Crippen LogP contribution is 2.44. The fourth-order valence-electron chi connectivity index (χ4n) is 8.85. The second-order valence-electron chi connectivity index (χ2n) is 15.2. The minimum Gasteiger partial charge on any atom is -0.455 e. The average Bonchev–Trinajstić information content (AvgIpc) is 3.71. The maximum absolute atomic E-state index is 6.50. The van der Waals surface area contributed by atoms with Gasteiger partial charge in [-0.05, 0) is 103 Å². The van der Waals surface area contributed by atoms with E-state index in [0.717, 1.165) is 55.7 Å². The number of para-hydroxylation sites is 2. The molecule has 282 valence electrons. The summed E-state index contributed by atoms with van der Waals surface area (Å²) < 4.78 is 6.50. The molecule has 0 atom stereocenters. The third kappa shape index (κ3) is 6.32. The van der Waals surface area contributed by atoms with E-state index >= 15 is 0 Å². The Morgan fingerprint density at radius 1 is 0.267 bits per heavy atom. The lowest BCUT2D eigenvalue weighted by Crippen LogP contribution is -2.10. The van der Waals surface area contributed by atoms with E-state index in [0.29, 0.717) is 0 Å². The summed E-state index contributed by atoms with van der Waals surface area (Å²) in [5, 5.41) is 4.66. The normalized spacial score (nSPS) is 11.3. The smallest absolute Gasteiger partial charge is 0.143 e. The predicted octanol–water partition coefficient (Wildman–Crippen LogP) is 16.5. The van der Waals surface area contributed by atoms with Gasteiger partial charge < -0.3 is 9.32 Å². The van der Waals surface area contributed by atoms with Gasteiger partial charge in [0.1, 0.15) is 11.2 Å². The van der Waals surface area contributed by atoms with Crippen molar-refractivity contribution in [3.63, 3.8) is 0 Å². The van der Waals surface area contributed by atoms with Gasteiger partial charge in [-0.2, -0.15) is 0 Å². The number of rotatable bonds is 8. The molecule has 0 aliphatic rings. The lowest BCUT2D eigenvalue weighted by molar-refractivity contribution is 0.670. The zero-order chi connectivity index (χ0) is 39.8. The van der Waals surface area contributed by atoms with Crippen molar-refractivity contribution in [1.29, 1.82) is 0 Å². The molecule has 1 heterocycles. The molecule has 0 radical (unpaired) electrons. The van der Waals surface area contributed by atoms with Crippen molar-refractivity contribution in [1.82, 2.24) is 0 Å². The van der Waals surface area contributed by atoms with Gasteiger partial charge in [0, 0.05) is 33.4 Å². The molecule has 0 N–H and O–H groups in total. The first kappa shape index (κ1) is 35.2. The van der Waals surface area contributed by atoms with E-state index in [1.807, 2.05) is 12.1 Å². The van der Waals surface area contributed by atoms with Gasteiger partial charge in [0.05, 0.1) is 0 Å². The van der Waals surface area contributed by atoms with Crippen LogP contribution in [0, 0.1) is 0 Å². The van der Waals surface area contributed by atoms with Gasteiger partial charge in [-0.15, -0.1) is 0 Å². The lowest BCUT2D eigenvalue weighted by Gasteiger charge is -2.27. The molecule has 2 nitrogen and oxygen atoms in total. The van der Waals surface area contributed by atoms with E-state index in [9.17, 15) is 0 Å². The highest BCUT2D eigenvalue weighted by Gasteiger charge is 2.19. The van der Waals surface area contributed by atoms with E-state index in [4.69, 9.17) is 4.42 Å². The van der Waals surface area contributed by atoms with Crippen molar-refractivity contribution in [2.24, 2.45) is 0 Å². The minimum absolute atomic E-state index is 0.899. The fourth-order valence-corrected chi connectivity index (χ4v) is 8.85. The molecule has 2 heteroatoms. The number of benzene rings is 10. The highest BCUT2D eigenvalue weighted by atomic mass is 16.3. The van der Waals surface area contributed by atoms with Crippen LogP contribution in [0.3, 0.4) is 0 Å². The first-order valence-corrected chi connectivity index (χ1v) is 20.5. The van der Waals surface area contributed by atoms with E-state index < -0.39 is 0 Å². The molecule has 0 saturated heterocycles. The van der Waals surface area contributed by atoms with Gasteiger partial charge in [0.25, 0.3) is 0 Å². The first-order valence-electron chi connectivity index (χ1n) is 20.5. The summed E-state index contributed by atoms with van der Waals surface area (Å²) in [5.41, 5.74) is 16.8. The number of fused-ring (bicyclic) bond motifs is 4. The molecular weight excluding hydrogens is 727 g/mol. The van der Waals surface area contributed by atoms with Gasteiger partial charge in [-0.25, -0.2) is 0 Å². The first-order chi connectivity index (χ1) is 29.8. The van der Waals surface area contributed by atoms with Crippen molar-refractivity contribution >= 4 is 49.8 Å². The molecule has 0 aliphatic heterocycles. The molecule has 11 rings (SSSR count). The molecular formula is C58H39NO. The van der Waals surface area contributed by atoms with Crippen LogP contribution < -0.4 is 4.90 Å². The van der Waals surface area contributed by atoms with E-state index in [1.165, 1.54) is 49.7 Å². The lowest BCUT2D eigenvalue weighted by atomic mass is 9.87. The van der Waals surface area contributed by atoms with Gasteiger partial charge in [-0.1, -0.05) is 194 Å². The van der Waals surface area contributed by atoms with Crippen LogP contribution >= 0.6 is 0 Å². The second kappa shape index (κ2) is 15.1. The maximum atomic E-state index is 6.50. The van der Waals surface area contributed by atoms with Crippen molar-refractivity contribution < 1.29 is 4.42 Å². The van der Waals surface area contributed by atoms with Crippen molar-refractivity contribution in [3.05, 3.63) is 237 Å². The van der Waals surface area contributed by atoms with Crippen LogP contribution in [0.1, 0.15) is 0 Å². The Balaban J connectivity index is 1.02. The molecule has 60 heavy (non-hydrogen) atoms. The summed E-state index contributed by atoms with van der Waals surface area (Å²) in [7, 11) is 0. The monoisotopic (exact) mass is 765 g/mol. The summed E-state index contributed by atoms with van der Waals surface area (Å²) >= 11 is 0. The number of nitrogens with zero attached hydrogens (tertiary/aromatic N) is 1. The van der Waals surface area contributed by atoms with E-state index in [2.05, 4.69) is 229 Å². The molecule has 11 aromatic rings. The molecule has 0 saturated carbocycles. The van der Waals surface area contributed by atoms with Crippen LogP contribution in [0.15, 0.2) is 241 Å². The van der Waals surface area contributed by atoms with Gasteiger partial charge in [-0.3, -0.25) is 0 Å². The van der Waals surface area contributed by atoms with E-state index in [-0.39, 0.29) is 0 Å². The van der Waals surface area contributed by atoms with Crippen molar-refractivity contribution in [2.45, 2.75) is 0 Å². The Kier molecular flexibility index (Phi) is 8.87. The third-order valence-corrected chi connectivity index (χ3v) is 11.7. The summed E-state index contributed by atoms with van der Waals surface area (Å²) in [4.78, 5) is 2.36. The molecule has 1 aromatic heterocycles. The standard InChI is InChI=1S/C58H39NO/c1-2-17-41(18-3-1)48-22-6-8-24-51(48)53-26-10-11-27-54(53)52-25-9-7-23-49(52)42-33-35-45(36-34-42)59(47-37-32-40-16-4-5-19-43(40)38-47)46-21-14-20-44(39-46)50-29-15-30-56-55-28-12-13-31-57(55)60-58(50)56/h1-39H. The molecule has 0 unspecified atom stereocenters. The number of anilines is 3. The zero-order valence-corrected chi connectivity index (χ0v) is 32.9. The van der Waals surface area contributed by atoms with Crippen molar-refractivity contribution in [2.75, 3.05) is 4.90 Å². The summed E-state index contributed by atoms with van der Waals surface area (Å²) in [6.07, 6.45) is 0. The fraction of sp³-hybridized carbons (Fsp3) is 0. The number of hydrogen-bond acceptors (Lipinski definition) is 2. The van der Waals surface area contributed by atoms with Gasteiger partial charge in [0.2, 0.25) is 0 Å². The minimum atomic E-state index is 0.899. The number of hydrogen-bond donors (Lipinski definition) is 0. The van der Waals surface area contributed by atoms with Crippen LogP contribution in [0.25, 0.3) is 88.3 Å². The molecule has 0 spiro atoms. The van der Waals surface area contributed by atoms with Gasteiger partial charge >= 0.3 is 0 Å². The molecule has 10 aromatic carbocycles. The molecule has 0 fully saturated rings. The molecule has 0 amide bonds. The van der Waals surface area contributed by atoms with Crippen LogP contribution in [-0.2, 0) is 0 Å². The second-order valence-corrected chi connectivity index (χ2v) is 15.2. The third-order valence-electron chi connectivity index (χ3n) is 11.7. The summed E-state index contributed by atoms with van der Waals surface area (Å²) in [5.74, 6) is 0. The Hall–Kier alpha value is -7.94. The maximum Gasteiger partial charge on any atom is 0.143 e. The molecule has 0 bridgehead atoms. The Bertz CT molecular complexity index is 3320. The van der Waals surface area contributed by atoms with Crippen LogP contribution in [-0.4, -0.2) is 0 Å². The van der Waals surface area contributed by atoms with Crippen molar-refractivity contribution in [3.8, 4) is 55.6 Å². The highest BCUT2D eigenvalue weighted by molar-refractivity contribution is 6.09. The quantitative estimate of drug-likeness (QED) is 0.153. The zero-order valence-electron chi connectivity index (χ0n) is 32.9.